The standard InChI is InChI=1S/C24H25F2N7O2/c1-32(2)10-9-28-23-30-19(12-14-5-3-6-15(11-14)21(27)34)16-13-29-24(35)33(22(16)31-23)20-17(25)7-4-8-18(20)26/h3-8,11H,9-10,12-13H2,1-2H3,(H2,27,34)(H,29,35)(H,28,30,31). The molecule has 0 bridgehead atoms. The van der Waals surface area contributed by atoms with Crippen molar-refractivity contribution in [3.8, 4) is 0 Å². The Hall–Kier alpha value is -4.12. The van der Waals surface area contributed by atoms with Gasteiger partial charge in [0.25, 0.3) is 0 Å². The Morgan fingerprint density at radius 2 is 1.89 bits per heavy atom. The van der Waals surface area contributed by atoms with Crippen LogP contribution < -0.4 is 21.3 Å². The van der Waals surface area contributed by atoms with Crippen molar-refractivity contribution in [2.75, 3.05) is 37.4 Å². The molecule has 4 N–H and O–H groups in total. The number of anilines is 3. The van der Waals surface area contributed by atoms with Gasteiger partial charge >= 0.3 is 6.03 Å². The van der Waals surface area contributed by atoms with Gasteiger partial charge in [0.2, 0.25) is 11.9 Å². The molecule has 182 valence electrons. The number of carbonyl (C=O) groups excluding carboxylic acids is 2. The van der Waals surface area contributed by atoms with Crippen LogP contribution >= 0.6 is 0 Å². The molecule has 3 aromatic rings. The number of rotatable bonds is 8. The van der Waals surface area contributed by atoms with Gasteiger partial charge in [-0.05, 0) is 43.9 Å². The van der Waals surface area contributed by atoms with Gasteiger partial charge in [0, 0.05) is 30.6 Å². The maximum absolute atomic E-state index is 14.7. The van der Waals surface area contributed by atoms with Crippen molar-refractivity contribution in [3.63, 3.8) is 0 Å². The molecule has 0 aliphatic carbocycles. The summed E-state index contributed by atoms with van der Waals surface area (Å²) in [4.78, 5) is 36.4. The number of fused-ring (bicyclic) bond motifs is 1. The Morgan fingerprint density at radius 3 is 2.57 bits per heavy atom. The predicted octanol–water partition coefficient (Wildman–Crippen LogP) is 2.78. The number of halogens is 2. The van der Waals surface area contributed by atoms with Gasteiger partial charge in [-0.15, -0.1) is 0 Å². The molecule has 3 amide bonds. The minimum absolute atomic E-state index is 0.0730. The Morgan fingerprint density at radius 1 is 1.17 bits per heavy atom. The highest BCUT2D eigenvalue weighted by Crippen LogP contribution is 2.36. The molecular formula is C24H25F2N7O2. The smallest absolute Gasteiger partial charge is 0.328 e. The maximum Gasteiger partial charge on any atom is 0.328 e. The van der Waals surface area contributed by atoms with Gasteiger partial charge in [-0.3, -0.25) is 4.79 Å². The summed E-state index contributed by atoms with van der Waals surface area (Å²) in [6.45, 7) is 1.26. The van der Waals surface area contributed by atoms with Gasteiger partial charge in [-0.1, -0.05) is 18.2 Å². The number of para-hydroxylation sites is 1. The van der Waals surface area contributed by atoms with Gasteiger partial charge in [-0.25, -0.2) is 23.5 Å². The quantitative estimate of drug-likeness (QED) is 0.456. The van der Waals surface area contributed by atoms with Gasteiger partial charge in [0.05, 0.1) is 12.2 Å². The Balaban J connectivity index is 1.82. The molecule has 1 aliphatic heterocycles. The van der Waals surface area contributed by atoms with Crippen molar-refractivity contribution < 1.29 is 18.4 Å². The topological polar surface area (TPSA) is 116 Å². The second-order valence-electron chi connectivity index (χ2n) is 8.33. The minimum Gasteiger partial charge on any atom is -0.366 e. The highest BCUT2D eigenvalue weighted by Gasteiger charge is 2.33. The van der Waals surface area contributed by atoms with Crippen molar-refractivity contribution >= 4 is 29.4 Å². The summed E-state index contributed by atoms with van der Waals surface area (Å²) >= 11 is 0. The minimum atomic E-state index is -0.899. The number of nitrogens with one attached hydrogen (secondary N) is 2. The van der Waals surface area contributed by atoms with Crippen molar-refractivity contribution in [1.29, 1.82) is 0 Å². The molecule has 2 heterocycles. The predicted molar refractivity (Wildman–Crippen MR) is 128 cm³/mol. The average Bonchev–Trinajstić information content (AvgIpc) is 2.80. The lowest BCUT2D eigenvalue weighted by atomic mass is 10.0. The third-order valence-electron chi connectivity index (χ3n) is 5.49. The molecule has 9 nitrogen and oxygen atoms in total. The van der Waals surface area contributed by atoms with Crippen LogP contribution in [0.3, 0.4) is 0 Å². The van der Waals surface area contributed by atoms with E-state index in [0.717, 1.165) is 22.6 Å². The van der Waals surface area contributed by atoms with Crippen LogP contribution in [0.4, 0.5) is 31.0 Å². The molecule has 11 heteroatoms. The molecule has 0 radical (unpaired) electrons. The maximum atomic E-state index is 14.7. The van der Waals surface area contributed by atoms with Crippen molar-refractivity contribution in [2.45, 2.75) is 13.0 Å². The molecule has 0 fully saturated rings. The first-order chi connectivity index (χ1) is 16.7. The van der Waals surface area contributed by atoms with E-state index in [9.17, 15) is 18.4 Å². The summed E-state index contributed by atoms with van der Waals surface area (Å²) in [7, 11) is 3.83. The Labute approximate surface area is 201 Å². The van der Waals surface area contributed by atoms with E-state index >= 15 is 0 Å². The normalized spacial score (nSPS) is 12.9. The van der Waals surface area contributed by atoms with Gasteiger partial charge in [0.1, 0.15) is 17.3 Å². The summed E-state index contributed by atoms with van der Waals surface area (Å²) in [5.74, 6) is -2.06. The first kappa shape index (κ1) is 24.0. The first-order valence-corrected chi connectivity index (χ1v) is 10.9. The Kier molecular flexibility index (Phi) is 6.87. The highest BCUT2D eigenvalue weighted by atomic mass is 19.1. The van der Waals surface area contributed by atoms with E-state index in [4.69, 9.17) is 5.73 Å². The summed E-state index contributed by atoms with van der Waals surface area (Å²) in [6.07, 6.45) is 0.276. The van der Waals surface area contributed by atoms with Gasteiger partial charge in [0.15, 0.2) is 5.82 Å². The van der Waals surface area contributed by atoms with E-state index in [0.29, 0.717) is 29.9 Å². The van der Waals surface area contributed by atoms with E-state index in [-0.39, 0.29) is 24.7 Å². The number of nitrogens with zero attached hydrogens (tertiary/aromatic N) is 4. The molecule has 0 saturated carbocycles. The lowest BCUT2D eigenvalue weighted by molar-refractivity contribution is 0.1000. The summed E-state index contributed by atoms with van der Waals surface area (Å²) in [5, 5.41) is 5.76. The number of benzene rings is 2. The van der Waals surface area contributed by atoms with Gasteiger partial charge < -0.3 is 21.3 Å². The van der Waals surface area contributed by atoms with Crippen LogP contribution in [-0.4, -0.2) is 54.0 Å². The molecule has 1 aromatic heterocycles. The van der Waals surface area contributed by atoms with E-state index in [1.54, 1.807) is 18.2 Å². The molecular weight excluding hydrogens is 456 g/mol. The number of nitrogens with two attached hydrogens (primary N) is 1. The van der Waals surface area contributed by atoms with E-state index in [2.05, 4.69) is 20.6 Å². The fourth-order valence-electron chi connectivity index (χ4n) is 3.78. The first-order valence-electron chi connectivity index (χ1n) is 10.9. The third kappa shape index (κ3) is 5.19. The van der Waals surface area contributed by atoms with Crippen LogP contribution in [0.25, 0.3) is 0 Å². The van der Waals surface area contributed by atoms with Crippen LogP contribution in [0.15, 0.2) is 42.5 Å². The average molecular weight is 482 g/mol. The zero-order chi connectivity index (χ0) is 25.1. The van der Waals surface area contributed by atoms with Crippen LogP contribution in [0.2, 0.25) is 0 Å². The molecule has 0 atom stereocenters. The van der Waals surface area contributed by atoms with Crippen LogP contribution in [-0.2, 0) is 13.0 Å². The monoisotopic (exact) mass is 481 g/mol. The number of primary amides is 1. The van der Waals surface area contributed by atoms with Crippen LogP contribution in [0.1, 0.15) is 27.2 Å². The molecule has 35 heavy (non-hydrogen) atoms. The third-order valence-corrected chi connectivity index (χ3v) is 5.49. The number of hydrogen-bond donors (Lipinski definition) is 3. The van der Waals surface area contributed by atoms with E-state index < -0.39 is 29.3 Å². The highest BCUT2D eigenvalue weighted by molar-refractivity contribution is 6.01. The SMILES string of the molecule is CN(C)CCNc1nc(Cc2cccc(C(N)=O)c2)c2c(n1)N(c1c(F)cccc1F)C(=O)NC2. The number of hydrogen-bond acceptors (Lipinski definition) is 6. The molecule has 1 aliphatic rings. The summed E-state index contributed by atoms with van der Waals surface area (Å²) < 4.78 is 29.4. The molecule has 2 aromatic carbocycles. The zero-order valence-electron chi connectivity index (χ0n) is 19.3. The molecule has 0 saturated heterocycles. The van der Waals surface area contributed by atoms with Crippen molar-refractivity contribution in [2.24, 2.45) is 5.73 Å². The number of urea groups is 1. The number of likely N-dealkylation sites (N-methyl/N-ethyl adjacent to an activating group) is 1. The van der Waals surface area contributed by atoms with E-state index in [1.165, 1.54) is 6.07 Å². The largest absolute Gasteiger partial charge is 0.366 e. The summed E-state index contributed by atoms with van der Waals surface area (Å²) in [5.41, 5.74) is 7.03. The second-order valence-corrected chi connectivity index (χ2v) is 8.33. The lowest BCUT2D eigenvalue weighted by Gasteiger charge is -2.30. The molecule has 4 rings (SSSR count). The lowest BCUT2D eigenvalue weighted by Crippen LogP contribution is -2.43. The number of amides is 3. The van der Waals surface area contributed by atoms with E-state index in [1.807, 2.05) is 25.1 Å². The second kappa shape index (κ2) is 10.0. The fraction of sp³-hybridized carbons (Fsp3) is 0.250. The Bertz CT molecular complexity index is 1260. The number of carbonyl (C=O) groups is 2. The van der Waals surface area contributed by atoms with Crippen LogP contribution in [0, 0.1) is 11.6 Å². The molecule has 0 spiro atoms. The summed E-state index contributed by atoms with van der Waals surface area (Å²) in [6, 6.07) is 9.46. The fourth-order valence-corrected chi connectivity index (χ4v) is 3.78. The van der Waals surface area contributed by atoms with Gasteiger partial charge in [-0.2, -0.15) is 4.98 Å². The zero-order valence-corrected chi connectivity index (χ0v) is 19.3. The van der Waals surface area contributed by atoms with Crippen molar-refractivity contribution in [1.82, 2.24) is 20.2 Å². The number of aromatic nitrogens is 2. The van der Waals surface area contributed by atoms with Crippen molar-refractivity contribution in [3.05, 3.63) is 76.5 Å². The molecule has 0 unspecified atom stereocenters. The van der Waals surface area contributed by atoms with Crippen LogP contribution in [0.5, 0.6) is 0 Å².